The van der Waals surface area contributed by atoms with Crippen LogP contribution in [0.5, 0.6) is 5.75 Å². The van der Waals surface area contributed by atoms with Crippen LogP contribution in [-0.4, -0.2) is 42.1 Å². The normalized spacial score (nSPS) is 12.5. The molecule has 6 N–H and O–H groups in total. The highest BCUT2D eigenvalue weighted by atomic mass is 35.5. The number of azo groups is 1. The van der Waals surface area contributed by atoms with E-state index in [4.69, 9.17) is 22.4 Å². The maximum atomic E-state index is 11.9. The number of anilines is 1. The molecule has 0 radical (unpaired) electrons. The van der Waals surface area contributed by atoms with Gasteiger partial charge in [0.1, 0.15) is 15.8 Å². The van der Waals surface area contributed by atoms with E-state index in [0.29, 0.717) is 0 Å². The molecule has 12 nitrogen and oxygen atoms in total. The molecule has 3 rings (SSSR count). The molecule has 0 saturated carbocycles. The van der Waals surface area contributed by atoms with Gasteiger partial charge in [0.05, 0.1) is 20.9 Å². The van der Waals surface area contributed by atoms with E-state index in [2.05, 4.69) is 10.2 Å². The van der Waals surface area contributed by atoms with Crippen molar-refractivity contribution in [3.8, 4) is 5.75 Å². The highest BCUT2D eigenvalue weighted by Gasteiger charge is 2.28. The Morgan fingerprint density at radius 3 is 2.31 bits per heavy atom. The number of benzene rings is 3. The van der Waals surface area contributed by atoms with Crippen molar-refractivity contribution in [2.75, 3.05) is 5.73 Å². The lowest BCUT2D eigenvalue weighted by molar-refractivity contribution is -0.436. The maximum absolute atomic E-state index is 11.9. The molecular formula is C17H12ClN3O9S2. The highest BCUT2D eigenvalue weighted by molar-refractivity contribution is 7.86. The first kappa shape index (κ1) is 23.4. The van der Waals surface area contributed by atoms with Crippen molar-refractivity contribution in [2.24, 2.45) is 5.11 Å². The average Bonchev–Trinajstić information content (AvgIpc) is 2.65. The summed E-state index contributed by atoms with van der Waals surface area (Å²) < 4.78 is 67.2. The number of carbonyl (C=O) groups is 1. The molecule has 0 amide bonds. The quantitative estimate of drug-likeness (QED) is 0.145. The van der Waals surface area contributed by atoms with Gasteiger partial charge in [-0.1, -0.05) is 16.7 Å². The fourth-order valence-corrected chi connectivity index (χ4v) is 4.25. The van der Waals surface area contributed by atoms with Crippen LogP contribution in [0, 0.1) is 0 Å². The van der Waals surface area contributed by atoms with E-state index in [1.807, 2.05) is 0 Å². The lowest BCUT2D eigenvalue weighted by Gasteiger charge is -2.12. The summed E-state index contributed by atoms with van der Waals surface area (Å²) in [6.07, 6.45) is 0. The second kappa shape index (κ2) is 7.99. The molecule has 0 aliphatic carbocycles. The van der Waals surface area contributed by atoms with E-state index >= 15 is 0 Å². The fraction of sp³-hybridized carbons (Fsp3) is 0. The minimum absolute atomic E-state index is 0.0433. The number of nitrogens with two attached hydrogens (primary N) is 1. The van der Waals surface area contributed by atoms with Crippen molar-refractivity contribution in [3.05, 3.63) is 47.0 Å². The monoisotopic (exact) mass is 501 g/mol. The molecule has 0 aliphatic heterocycles. The zero-order valence-corrected chi connectivity index (χ0v) is 17.9. The number of aromatic carboxylic acids is 1. The summed E-state index contributed by atoms with van der Waals surface area (Å²) in [6, 6.07) is 5.79. The van der Waals surface area contributed by atoms with Crippen LogP contribution in [0.25, 0.3) is 10.8 Å². The number of hydrogen-bond acceptors (Lipinski definition) is 9. The summed E-state index contributed by atoms with van der Waals surface area (Å²) in [4.78, 5) is 9.29. The number of carboxylic acids is 1. The minimum atomic E-state index is -5.00. The van der Waals surface area contributed by atoms with Gasteiger partial charge >= 0.3 is 16.1 Å². The van der Waals surface area contributed by atoms with Crippen molar-refractivity contribution in [3.63, 3.8) is 0 Å². The number of carboxylic acid groups (broad SMARTS) is 1. The molecule has 0 fully saturated rings. The largest absolute Gasteiger partial charge is 0.744 e. The lowest BCUT2D eigenvalue weighted by Crippen LogP contribution is -2.58. The summed E-state index contributed by atoms with van der Waals surface area (Å²) in [5.41, 5.74) is 4.56. The molecule has 32 heavy (non-hydrogen) atoms. The van der Waals surface area contributed by atoms with Gasteiger partial charge in [0.2, 0.25) is 5.75 Å². The van der Waals surface area contributed by atoms with E-state index in [0.717, 1.165) is 24.3 Å². The Bertz CT molecular complexity index is 1530. The van der Waals surface area contributed by atoms with E-state index in [9.17, 15) is 35.8 Å². The molecule has 0 aliphatic rings. The number of phenolic OH excluding ortho intramolecular Hbond substituents is 1. The third kappa shape index (κ3) is 4.49. The van der Waals surface area contributed by atoms with Crippen LogP contribution >= 0.6 is 11.6 Å². The summed E-state index contributed by atoms with van der Waals surface area (Å²) in [5.74, 6) is -2.08. The van der Waals surface area contributed by atoms with Crippen molar-refractivity contribution in [2.45, 2.75) is 9.79 Å². The zero-order chi connectivity index (χ0) is 24.0. The van der Waals surface area contributed by atoms with Crippen molar-refractivity contribution in [1.82, 2.24) is 0 Å². The Labute approximate surface area is 185 Å². The van der Waals surface area contributed by atoms with Crippen LogP contribution in [0.15, 0.2) is 51.3 Å². The van der Waals surface area contributed by atoms with Gasteiger partial charge in [-0.2, -0.15) is 8.42 Å². The number of nitrogens with one attached hydrogen (secondary N) is 1. The zero-order valence-electron chi connectivity index (χ0n) is 15.5. The highest BCUT2D eigenvalue weighted by Crippen LogP contribution is 2.40. The van der Waals surface area contributed by atoms with Crippen molar-refractivity contribution >= 4 is 65.6 Å². The summed E-state index contributed by atoms with van der Waals surface area (Å²) in [6.45, 7) is 0. The molecule has 15 heteroatoms. The number of phenols is 1. The molecule has 0 unspecified atom stereocenters. The molecule has 3 aromatic carbocycles. The Hall–Kier alpha value is -3.30. The van der Waals surface area contributed by atoms with Gasteiger partial charge in [0.15, 0.2) is 4.90 Å². The van der Waals surface area contributed by atoms with Gasteiger partial charge < -0.3 is 20.5 Å². The number of aromatic hydroxyl groups is 1. The smallest absolute Gasteiger partial charge is 0.335 e. The van der Waals surface area contributed by atoms with Crippen molar-refractivity contribution < 1.29 is 46.1 Å². The standard InChI is InChI=1S/C17H12ClN3O9S2/c18-10-4-7(17(23)24)1-2-12(10)20-21-15-13(32(28,29)30)5-8-3-9(31(25,26)27)6-11(19)14(8)16(15)22/h1-6,22H,19H2,(H,23,24)(H,25,26,27)(H,28,29,30). The van der Waals surface area contributed by atoms with Gasteiger partial charge in [0.25, 0.3) is 5.69 Å². The Balaban J connectivity index is 2.29. The van der Waals surface area contributed by atoms with E-state index < -0.39 is 47.4 Å². The Morgan fingerprint density at radius 2 is 1.78 bits per heavy atom. The number of hydrogen-bond donors (Lipinski definition) is 5. The fourth-order valence-electron chi connectivity index (χ4n) is 2.80. The van der Waals surface area contributed by atoms with E-state index in [1.54, 1.807) is 0 Å². The second-order valence-electron chi connectivity index (χ2n) is 6.33. The number of nitrogens with zero attached hydrogens (tertiary/aromatic N) is 1. The van der Waals surface area contributed by atoms with Crippen molar-refractivity contribution in [1.29, 1.82) is 0 Å². The Morgan fingerprint density at radius 1 is 1.12 bits per heavy atom. The molecule has 3 aromatic rings. The summed E-state index contributed by atoms with van der Waals surface area (Å²) >= 11 is 5.96. The molecule has 0 spiro atoms. The molecule has 0 saturated heterocycles. The van der Waals surface area contributed by atoms with E-state index in [1.165, 1.54) is 12.1 Å². The van der Waals surface area contributed by atoms with Gasteiger partial charge in [-0.3, -0.25) is 4.55 Å². The SMILES string of the molecule is Nc1cc(S(=O)(=O)[O-])cc2cc(S(=O)(=O)O)c([NH+]=Nc3ccc(C(=O)O)cc3Cl)c(O)c12. The van der Waals surface area contributed by atoms with Crippen LogP contribution in [0.2, 0.25) is 5.02 Å². The van der Waals surface area contributed by atoms with Gasteiger partial charge in [-0.15, -0.1) is 0 Å². The van der Waals surface area contributed by atoms with Crippen LogP contribution in [-0.2, 0) is 20.2 Å². The van der Waals surface area contributed by atoms with E-state index in [-0.39, 0.29) is 32.7 Å². The number of fused-ring (bicyclic) bond motifs is 1. The molecule has 168 valence electrons. The summed E-state index contributed by atoms with van der Waals surface area (Å²) in [5, 5.41) is 25.0. The number of rotatable bonds is 5. The van der Waals surface area contributed by atoms with Gasteiger partial charge in [0, 0.05) is 5.69 Å². The second-order valence-corrected chi connectivity index (χ2v) is 9.51. The third-order valence-electron chi connectivity index (χ3n) is 4.23. The van der Waals surface area contributed by atoms with Crippen LogP contribution < -0.4 is 10.8 Å². The molecular weight excluding hydrogens is 490 g/mol. The van der Waals surface area contributed by atoms with Crippen LogP contribution in [0.3, 0.4) is 0 Å². The average molecular weight is 502 g/mol. The minimum Gasteiger partial charge on any atom is -0.744 e. The first-order valence-electron chi connectivity index (χ1n) is 8.22. The van der Waals surface area contributed by atoms with Gasteiger partial charge in [-0.25, -0.2) is 13.2 Å². The molecule has 0 aromatic heterocycles. The predicted octanol–water partition coefficient (Wildman–Crippen LogP) is 1.13. The van der Waals surface area contributed by atoms with Gasteiger partial charge in [-0.05, 0) is 46.9 Å². The third-order valence-corrected chi connectivity index (χ3v) is 6.22. The number of nitrogen functional groups attached to an aromatic ring is 1. The lowest BCUT2D eigenvalue weighted by atomic mass is 10.1. The first-order chi connectivity index (χ1) is 14.7. The van der Waals surface area contributed by atoms with Crippen LogP contribution in [0.4, 0.5) is 17.1 Å². The van der Waals surface area contributed by atoms with Crippen LogP contribution in [0.1, 0.15) is 10.4 Å². The molecule has 0 heterocycles. The number of halogens is 1. The summed E-state index contributed by atoms with van der Waals surface area (Å²) in [7, 11) is -9.97. The first-order valence-corrected chi connectivity index (χ1v) is 11.4. The Kier molecular flexibility index (Phi) is 5.84. The molecule has 0 atom stereocenters. The maximum Gasteiger partial charge on any atom is 0.335 e. The predicted molar refractivity (Wildman–Crippen MR) is 109 cm³/mol. The molecule has 0 bridgehead atoms. The topological polar surface area (TPSA) is 221 Å².